The maximum absolute atomic E-state index is 12.8. The van der Waals surface area contributed by atoms with Gasteiger partial charge in [-0.05, 0) is 52.5 Å². The molecule has 1 aliphatic rings. The van der Waals surface area contributed by atoms with Gasteiger partial charge in [-0.1, -0.05) is 12.5 Å². The fraction of sp³-hybridized carbons (Fsp3) is 0.421. The molecule has 152 valence electrons. The average Bonchev–Trinajstić information content (AvgIpc) is 3.09. The Hall–Kier alpha value is -1.84. The van der Waals surface area contributed by atoms with Crippen LogP contribution in [0.25, 0.3) is 0 Å². The molecule has 0 radical (unpaired) electrons. The van der Waals surface area contributed by atoms with Crippen LogP contribution in [0.5, 0.6) is 5.75 Å². The van der Waals surface area contributed by atoms with Crippen molar-refractivity contribution in [2.24, 2.45) is 7.05 Å². The standard InChI is InChI=1S/C19H24BrN3O4S/c1-22-13-15(28(25,26)23-8-4-3-5-9-23)11-17(22)19(24)21-12-14-6-7-18(27-2)16(20)10-14/h6-7,10-11,13H,3-5,8-9,12H2,1-2H3,(H,21,24). The molecule has 1 fully saturated rings. The van der Waals surface area contributed by atoms with Gasteiger partial charge < -0.3 is 14.6 Å². The van der Waals surface area contributed by atoms with Crippen LogP contribution in [0.4, 0.5) is 0 Å². The third-order valence-corrected chi connectivity index (χ3v) is 7.32. The molecule has 1 N–H and O–H groups in total. The zero-order chi connectivity index (χ0) is 20.3. The number of hydrogen-bond donors (Lipinski definition) is 1. The van der Waals surface area contributed by atoms with Crippen molar-refractivity contribution in [3.05, 3.63) is 46.2 Å². The smallest absolute Gasteiger partial charge is 0.268 e. The number of piperidine rings is 1. The van der Waals surface area contributed by atoms with Crippen LogP contribution in [0.1, 0.15) is 35.3 Å². The van der Waals surface area contributed by atoms with E-state index in [2.05, 4.69) is 21.2 Å². The summed E-state index contributed by atoms with van der Waals surface area (Å²) in [6, 6.07) is 7.00. The Bertz CT molecular complexity index is 966. The van der Waals surface area contributed by atoms with Gasteiger partial charge in [0, 0.05) is 32.9 Å². The van der Waals surface area contributed by atoms with Gasteiger partial charge in [0.05, 0.1) is 11.6 Å². The predicted molar refractivity (Wildman–Crippen MR) is 110 cm³/mol. The summed E-state index contributed by atoms with van der Waals surface area (Å²) < 4.78 is 34.7. The largest absolute Gasteiger partial charge is 0.496 e. The minimum atomic E-state index is -3.57. The lowest BCUT2D eigenvalue weighted by atomic mass is 10.2. The van der Waals surface area contributed by atoms with Crippen molar-refractivity contribution in [2.75, 3.05) is 20.2 Å². The van der Waals surface area contributed by atoms with Crippen molar-refractivity contribution in [1.29, 1.82) is 0 Å². The van der Waals surface area contributed by atoms with E-state index in [0.29, 0.717) is 31.1 Å². The maximum atomic E-state index is 12.8. The molecule has 0 saturated carbocycles. The number of amides is 1. The summed E-state index contributed by atoms with van der Waals surface area (Å²) in [5.74, 6) is 0.389. The van der Waals surface area contributed by atoms with E-state index in [1.165, 1.54) is 16.6 Å². The molecular weight excluding hydrogens is 446 g/mol. The lowest BCUT2D eigenvalue weighted by Crippen LogP contribution is -2.35. The highest BCUT2D eigenvalue weighted by Crippen LogP contribution is 2.26. The first-order chi connectivity index (χ1) is 13.3. The summed E-state index contributed by atoms with van der Waals surface area (Å²) in [5, 5.41) is 2.84. The minimum absolute atomic E-state index is 0.161. The summed E-state index contributed by atoms with van der Waals surface area (Å²) >= 11 is 3.42. The molecule has 0 aliphatic carbocycles. The minimum Gasteiger partial charge on any atom is -0.496 e. The average molecular weight is 470 g/mol. The summed E-state index contributed by atoms with van der Waals surface area (Å²) in [7, 11) is -0.301. The number of nitrogens with one attached hydrogen (secondary N) is 1. The summed E-state index contributed by atoms with van der Waals surface area (Å²) in [6.45, 7) is 1.39. The van der Waals surface area contributed by atoms with Gasteiger partial charge in [-0.2, -0.15) is 4.31 Å². The van der Waals surface area contributed by atoms with Crippen molar-refractivity contribution in [1.82, 2.24) is 14.2 Å². The second kappa shape index (κ2) is 8.67. The zero-order valence-corrected chi connectivity index (χ0v) is 18.3. The number of sulfonamides is 1. The van der Waals surface area contributed by atoms with Crippen LogP contribution < -0.4 is 10.1 Å². The van der Waals surface area contributed by atoms with Gasteiger partial charge in [-0.25, -0.2) is 8.42 Å². The van der Waals surface area contributed by atoms with Gasteiger partial charge in [0.1, 0.15) is 16.3 Å². The molecule has 28 heavy (non-hydrogen) atoms. The highest BCUT2D eigenvalue weighted by Gasteiger charge is 2.28. The van der Waals surface area contributed by atoms with Crippen LogP contribution in [0.3, 0.4) is 0 Å². The molecule has 1 saturated heterocycles. The second-order valence-electron chi connectivity index (χ2n) is 6.79. The Morgan fingerprint density at radius 2 is 1.93 bits per heavy atom. The van der Waals surface area contributed by atoms with Crippen LogP contribution in [-0.4, -0.2) is 43.4 Å². The van der Waals surface area contributed by atoms with E-state index in [4.69, 9.17) is 4.74 Å². The summed E-state index contributed by atoms with van der Waals surface area (Å²) in [5.41, 5.74) is 1.21. The monoisotopic (exact) mass is 469 g/mol. The number of nitrogens with zero attached hydrogens (tertiary/aromatic N) is 2. The summed E-state index contributed by atoms with van der Waals surface area (Å²) in [4.78, 5) is 12.7. The van der Waals surface area contributed by atoms with Gasteiger partial charge in [0.2, 0.25) is 10.0 Å². The first-order valence-electron chi connectivity index (χ1n) is 9.10. The molecular formula is C19H24BrN3O4S. The maximum Gasteiger partial charge on any atom is 0.268 e. The van der Waals surface area contributed by atoms with Gasteiger partial charge in [0.25, 0.3) is 5.91 Å². The van der Waals surface area contributed by atoms with Gasteiger partial charge >= 0.3 is 0 Å². The fourth-order valence-corrected chi connectivity index (χ4v) is 5.43. The first kappa shape index (κ1) is 20.9. The van der Waals surface area contributed by atoms with Gasteiger partial charge in [0.15, 0.2) is 0 Å². The highest BCUT2D eigenvalue weighted by atomic mass is 79.9. The van der Waals surface area contributed by atoms with E-state index in [9.17, 15) is 13.2 Å². The molecule has 0 bridgehead atoms. The van der Waals surface area contributed by atoms with Crippen LogP contribution in [-0.2, 0) is 23.6 Å². The van der Waals surface area contributed by atoms with Crippen LogP contribution in [0, 0.1) is 0 Å². The lowest BCUT2D eigenvalue weighted by Gasteiger charge is -2.25. The number of benzene rings is 1. The first-order valence-corrected chi connectivity index (χ1v) is 11.3. The molecule has 3 rings (SSSR count). The van der Waals surface area contributed by atoms with E-state index >= 15 is 0 Å². The van der Waals surface area contributed by atoms with Crippen molar-refractivity contribution in [2.45, 2.75) is 30.7 Å². The number of carbonyl (C=O) groups is 1. The van der Waals surface area contributed by atoms with E-state index in [1.54, 1.807) is 18.7 Å². The highest BCUT2D eigenvalue weighted by molar-refractivity contribution is 9.10. The van der Waals surface area contributed by atoms with E-state index < -0.39 is 10.0 Å². The molecule has 0 unspecified atom stereocenters. The van der Waals surface area contributed by atoms with Crippen molar-refractivity contribution in [3.63, 3.8) is 0 Å². The predicted octanol–water partition coefficient (Wildman–Crippen LogP) is 2.90. The number of rotatable bonds is 6. The van der Waals surface area contributed by atoms with E-state index in [0.717, 1.165) is 29.3 Å². The Balaban J connectivity index is 1.71. The number of aryl methyl sites for hydroxylation is 1. The van der Waals surface area contributed by atoms with Crippen LogP contribution in [0.15, 0.2) is 39.8 Å². The van der Waals surface area contributed by atoms with E-state index in [-0.39, 0.29) is 10.8 Å². The SMILES string of the molecule is COc1ccc(CNC(=O)c2cc(S(=O)(=O)N3CCCCC3)cn2C)cc1Br. The molecule has 1 aliphatic heterocycles. The normalized spacial score (nSPS) is 15.4. The molecule has 7 nitrogen and oxygen atoms in total. The third kappa shape index (κ3) is 4.42. The molecule has 2 heterocycles. The molecule has 2 aromatic rings. The molecule has 9 heteroatoms. The quantitative estimate of drug-likeness (QED) is 0.704. The molecule has 1 aromatic carbocycles. The summed E-state index contributed by atoms with van der Waals surface area (Å²) in [6.07, 6.45) is 4.30. The van der Waals surface area contributed by atoms with Crippen LogP contribution >= 0.6 is 15.9 Å². The Morgan fingerprint density at radius 1 is 1.21 bits per heavy atom. The van der Waals surface area contributed by atoms with Crippen molar-refractivity contribution >= 4 is 31.9 Å². The van der Waals surface area contributed by atoms with Crippen molar-refractivity contribution in [3.8, 4) is 5.75 Å². The van der Waals surface area contributed by atoms with Crippen LogP contribution in [0.2, 0.25) is 0 Å². The fourth-order valence-electron chi connectivity index (χ4n) is 3.25. The Kier molecular flexibility index (Phi) is 6.47. The molecule has 1 aromatic heterocycles. The third-order valence-electron chi connectivity index (χ3n) is 4.83. The van der Waals surface area contributed by atoms with Gasteiger partial charge in [-0.15, -0.1) is 0 Å². The number of ether oxygens (including phenoxy) is 1. The van der Waals surface area contributed by atoms with Crippen molar-refractivity contribution < 1.29 is 17.9 Å². The second-order valence-corrected chi connectivity index (χ2v) is 9.58. The van der Waals surface area contributed by atoms with Gasteiger partial charge in [-0.3, -0.25) is 4.79 Å². The number of halogens is 1. The topological polar surface area (TPSA) is 80.6 Å². The zero-order valence-electron chi connectivity index (χ0n) is 15.9. The Labute approximate surface area is 173 Å². The number of hydrogen-bond acceptors (Lipinski definition) is 4. The number of carbonyl (C=O) groups excluding carboxylic acids is 1. The molecule has 0 atom stereocenters. The Morgan fingerprint density at radius 3 is 2.57 bits per heavy atom. The number of methoxy groups -OCH3 is 1. The molecule has 0 spiro atoms. The van der Waals surface area contributed by atoms with E-state index in [1.807, 2.05) is 18.2 Å². The molecule has 1 amide bonds. The lowest BCUT2D eigenvalue weighted by molar-refractivity contribution is 0.0942. The number of aromatic nitrogens is 1.